The fourth-order valence-corrected chi connectivity index (χ4v) is 1.32. The van der Waals surface area contributed by atoms with Gasteiger partial charge in [0.05, 0.1) is 19.3 Å². The van der Waals surface area contributed by atoms with Crippen molar-refractivity contribution in [3.8, 4) is 0 Å². The topological polar surface area (TPSA) is 50.7 Å². The van der Waals surface area contributed by atoms with Crippen LogP contribution in [0.3, 0.4) is 0 Å². The third-order valence-electron chi connectivity index (χ3n) is 2.05. The first-order chi connectivity index (χ1) is 6.33. The molecule has 13 heavy (non-hydrogen) atoms. The van der Waals surface area contributed by atoms with Crippen molar-refractivity contribution < 1.29 is 14.6 Å². The number of hydrogen-bond acceptors (Lipinski definition) is 4. The first-order valence-electron chi connectivity index (χ1n) is 4.91. The summed E-state index contributed by atoms with van der Waals surface area (Å²) in [5.74, 6) is 0. The van der Waals surface area contributed by atoms with Crippen LogP contribution in [0.15, 0.2) is 0 Å². The van der Waals surface area contributed by atoms with Gasteiger partial charge < -0.3 is 19.9 Å². The summed E-state index contributed by atoms with van der Waals surface area (Å²) in [6.07, 6.45) is 0.832. The van der Waals surface area contributed by atoms with E-state index in [-0.39, 0.29) is 6.10 Å². The van der Waals surface area contributed by atoms with Crippen LogP contribution in [0.4, 0.5) is 0 Å². The van der Waals surface area contributed by atoms with E-state index in [1.165, 1.54) is 0 Å². The Bertz CT molecular complexity index is 126. The number of aliphatic hydroxyl groups excluding tert-OH is 1. The zero-order chi connectivity index (χ0) is 9.52. The molecule has 0 amide bonds. The zero-order valence-electron chi connectivity index (χ0n) is 8.16. The SMILES string of the molecule is CCOCC(O)COC1CCNC1. The Labute approximate surface area is 79.2 Å². The van der Waals surface area contributed by atoms with E-state index in [2.05, 4.69) is 5.32 Å². The molecule has 1 heterocycles. The van der Waals surface area contributed by atoms with Crippen molar-refractivity contribution in [1.82, 2.24) is 5.32 Å². The minimum Gasteiger partial charge on any atom is -0.388 e. The molecule has 0 aliphatic carbocycles. The van der Waals surface area contributed by atoms with Crippen LogP contribution >= 0.6 is 0 Å². The zero-order valence-corrected chi connectivity index (χ0v) is 8.16. The lowest BCUT2D eigenvalue weighted by Gasteiger charge is -2.14. The monoisotopic (exact) mass is 189 g/mol. The van der Waals surface area contributed by atoms with E-state index in [4.69, 9.17) is 9.47 Å². The number of hydrogen-bond donors (Lipinski definition) is 2. The predicted octanol–water partition coefficient (Wildman–Crippen LogP) is -0.238. The lowest BCUT2D eigenvalue weighted by atomic mass is 10.3. The van der Waals surface area contributed by atoms with Gasteiger partial charge >= 0.3 is 0 Å². The molecule has 1 rings (SSSR count). The molecule has 0 spiro atoms. The summed E-state index contributed by atoms with van der Waals surface area (Å²) in [4.78, 5) is 0. The highest BCUT2D eigenvalue weighted by molar-refractivity contribution is 4.71. The molecule has 1 aliphatic heterocycles. The Hall–Kier alpha value is -0.160. The third kappa shape index (κ3) is 4.57. The van der Waals surface area contributed by atoms with E-state index in [0.29, 0.717) is 19.8 Å². The van der Waals surface area contributed by atoms with E-state index in [1.54, 1.807) is 0 Å². The van der Waals surface area contributed by atoms with Crippen LogP contribution in [0, 0.1) is 0 Å². The van der Waals surface area contributed by atoms with Crippen molar-refractivity contribution in [2.75, 3.05) is 32.9 Å². The van der Waals surface area contributed by atoms with Gasteiger partial charge in [0.1, 0.15) is 6.10 Å². The van der Waals surface area contributed by atoms with Crippen molar-refractivity contribution in [2.45, 2.75) is 25.6 Å². The molecule has 0 aromatic heterocycles. The van der Waals surface area contributed by atoms with Crippen molar-refractivity contribution in [3.63, 3.8) is 0 Å². The summed E-state index contributed by atoms with van der Waals surface area (Å²) in [5, 5.41) is 12.6. The average molecular weight is 189 g/mol. The lowest BCUT2D eigenvalue weighted by Crippen LogP contribution is -2.26. The van der Waals surface area contributed by atoms with Gasteiger partial charge in [0, 0.05) is 13.2 Å². The molecule has 0 aromatic carbocycles. The fraction of sp³-hybridized carbons (Fsp3) is 1.00. The second kappa shape index (κ2) is 6.32. The van der Waals surface area contributed by atoms with E-state index in [0.717, 1.165) is 19.5 Å². The normalized spacial score (nSPS) is 24.9. The molecule has 1 fully saturated rings. The third-order valence-corrected chi connectivity index (χ3v) is 2.05. The largest absolute Gasteiger partial charge is 0.388 e. The highest BCUT2D eigenvalue weighted by Crippen LogP contribution is 2.03. The molecule has 4 nitrogen and oxygen atoms in total. The van der Waals surface area contributed by atoms with E-state index in [1.807, 2.05) is 6.92 Å². The van der Waals surface area contributed by atoms with Crippen molar-refractivity contribution in [1.29, 1.82) is 0 Å². The summed E-state index contributed by atoms with van der Waals surface area (Å²) in [5.41, 5.74) is 0. The molecule has 0 bridgehead atoms. The van der Waals surface area contributed by atoms with Gasteiger partial charge in [-0.15, -0.1) is 0 Å². The molecular weight excluding hydrogens is 170 g/mol. The molecule has 4 heteroatoms. The highest BCUT2D eigenvalue weighted by atomic mass is 16.5. The minimum atomic E-state index is -0.486. The van der Waals surface area contributed by atoms with Gasteiger partial charge in [-0.25, -0.2) is 0 Å². The molecule has 2 unspecified atom stereocenters. The molecule has 0 saturated carbocycles. The van der Waals surface area contributed by atoms with Crippen LogP contribution in [-0.2, 0) is 9.47 Å². The Balaban J connectivity index is 1.97. The Morgan fingerprint density at radius 2 is 2.38 bits per heavy atom. The fourth-order valence-electron chi connectivity index (χ4n) is 1.32. The maximum atomic E-state index is 9.37. The summed E-state index contributed by atoms with van der Waals surface area (Å²) < 4.78 is 10.5. The van der Waals surface area contributed by atoms with Gasteiger partial charge in [-0.2, -0.15) is 0 Å². The van der Waals surface area contributed by atoms with Gasteiger partial charge in [-0.1, -0.05) is 0 Å². The van der Waals surface area contributed by atoms with Crippen LogP contribution in [0.5, 0.6) is 0 Å². The first kappa shape index (κ1) is 10.9. The summed E-state index contributed by atoms with van der Waals surface area (Å²) in [6.45, 7) is 5.23. The summed E-state index contributed by atoms with van der Waals surface area (Å²) >= 11 is 0. The number of ether oxygens (including phenoxy) is 2. The maximum absolute atomic E-state index is 9.37. The average Bonchev–Trinajstić information content (AvgIpc) is 2.64. The van der Waals surface area contributed by atoms with E-state index < -0.39 is 6.10 Å². The maximum Gasteiger partial charge on any atom is 0.101 e. The van der Waals surface area contributed by atoms with Gasteiger partial charge in [-0.05, 0) is 19.9 Å². The Morgan fingerprint density at radius 3 is 3.00 bits per heavy atom. The smallest absolute Gasteiger partial charge is 0.101 e. The Kier molecular flexibility index (Phi) is 5.31. The first-order valence-corrected chi connectivity index (χ1v) is 4.91. The molecular formula is C9H19NO3. The van der Waals surface area contributed by atoms with Crippen LogP contribution < -0.4 is 5.32 Å². The number of rotatable bonds is 6. The van der Waals surface area contributed by atoms with Gasteiger partial charge in [0.25, 0.3) is 0 Å². The quantitative estimate of drug-likeness (QED) is 0.605. The predicted molar refractivity (Wildman–Crippen MR) is 49.7 cm³/mol. The molecule has 1 aliphatic rings. The minimum absolute atomic E-state index is 0.274. The highest BCUT2D eigenvalue weighted by Gasteiger charge is 2.16. The second-order valence-corrected chi connectivity index (χ2v) is 3.26. The van der Waals surface area contributed by atoms with Crippen LogP contribution in [0.1, 0.15) is 13.3 Å². The van der Waals surface area contributed by atoms with Gasteiger partial charge in [0.2, 0.25) is 0 Å². The van der Waals surface area contributed by atoms with Crippen LogP contribution in [0.25, 0.3) is 0 Å². The van der Waals surface area contributed by atoms with Gasteiger partial charge in [0.15, 0.2) is 0 Å². The lowest BCUT2D eigenvalue weighted by molar-refractivity contribution is -0.0372. The molecule has 2 N–H and O–H groups in total. The van der Waals surface area contributed by atoms with Crippen molar-refractivity contribution >= 4 is 0 Å². The standard InChI is InChI=1S/C9H19NO3/c1-2-12-6-8(11)7-13-9-3-4-10-5-9/h8-11H,2-7H2,1H3. The Morgan fingerprint density at radius 1 is 1.54 bits per heavy atom. The molecule has 0 radical (unpaired) electrons. The summed E-state index contributed by atoms with van der Waals surface area (Å²) in [6, 6.07) is 0. The van der Waals surface area contributed by atoms with Crippen molar-refractivity contribution in [2.24, 2.45) is 0 Å². The van der Waals surface area contributed by atoms with E-state index >= 15 is 0 Å². The number of nitrogens with one attached hydrogen (secondary N) is 1. The van der Waals surface area contributed by atoms with Crippen molar-refractivity contribution in [3.05, 3.63) is 0 Å². The number of aliphatic hydroxyl groups is 1. The second-order valence-electron chi connectivity index (χ2n) is 3.26. The molecule has 78 valence electrons. The van der Waals surface area contributed by atoms with Crippen LogP contribution in [0.2, 0.25) is 0 Å². The van der Waals surface area contributed by atoms with Crippen LogP contribution in [-0.4, -0.2) is 50.2 Å². The van der Waals surface area contributed by atoms with E-state index in [9.17, 15) is 5.11 Å². The van der Waals surface area contributed by atoms with Gasteiger partial charge in [-0.3, -0.25) is 0 Å². The molecule has 1 saturated heterocycles. The molecule has 2 atom stereocenters. The summed E-state index contributed by atoms with van der Waals surface area (Å²) in [7, 11) is 0. The molecule has 0 aromatic rings.